The van der Waals surface area contributed by atoms with Gasteiger partial charge in [-0.15, -0.1) is 0 Å². The number of ether oxygens (including phenoxy) is 1. The lowest BCUT2D eigenvalue weighted by atomic mass is 10.2. The molecule has 0 spiro atoms. The molecule has 25 heavy (non-hydrogen) atoms. The van der Waals surface area contributed by atoms with Gasteiger partial charge in [-0.25, -0.2) is 13.2 Å². The van der Waals surface area contributed by atoms with Gasteiger partial charge in [0.15, 0.2) is 0 Å². The maximum absolute atomic E-state index is 12.8. The van der Waals surface area contributed by atoms with Gasteiger partial charge in [0.2, 0.25) is 10.0 Å². The topological polar surface area (TPSA) is 63.7 Å². The molecule has 0 aliphatic rings. The first-order valence-corrected chi connectivity index (χ1v) is 10.0. The third kappa shape index (κ3) is 4.82. The Labute approximate surface area is 160 Å². The Morgan fingerprint density at radius 3 is 2.40 bits per heavy atom. The highest BCUT2D eigenvalue weighted by molar-refractivity contribution is 9.10. The van der Waals surface area contributed by atoms with Crippen LogP contribution in [0.4, 0.5) is 0 Å². The van der Waals surface area contributed by atoms with E-state index in [2.05, 4.69) is 15.9 Å². The second-order valence-corrected chi connectivity index (χ2v) is 8.56. The molecule has 0 atom stereocenters. The molecule has 0 aromatic heterocycles. The summed E-state index contributed by atoms with van der Waals surface area (Å²) in [6.07, 6.45) is 0. The molecule has 0 amide bonds. The monoisotopic (exact) mass is 445 g/mol. The minimum Gasteiger partial charge on any atom is -0.462 e. The van der Waals surface area contributed by atoms with Crippen LogP contribution in [0, 0.1) is 0 Å². The van der Waals surface area contributed by atoms with Crippen molar-refractivity contribution in [3.8, 4) is 0 Å². The summed E-state index contributed by atoms with van der Waals surface area (Å²) in [5.41, 5.74) is 1.10. The number of hydrogen-bond donors (Lipinski definition) is 0. The van der Waals surface area contributed by atoms with Crippen molar-refractivity contribution in [3.63, 3.8) is 0 Å². The fourth-order valence-corrected chi connectivity index (χ4v) is 4.47. The average Bonchev–Trinajstić information content (AvgIpc) is 2.56. The molecule has 0 fully saturated rings. The van der Waals surface area contributed by atoms with E-state index in [4.69, 9.17) is 16.3 Å². The summed E-state index contributed by atoms with van der Waals surface area (Å²) < 4.78 is 32.0. The van der Waals surface area contributed by atoms with Crippen LogP contribution in [0.2, 0.25) is 5.02 Å². The zero-order valence-electron chi connectivity index (χ0n) is 13.7. The van der Waals surface area contributed by atoms with Crippen LogP contribution in [-0.2, 0) is 21.3 Å². The summed E-state index contributed by atoms with van der Waals surface area (Å²) >= 11 is 9.08. The molecule has 2 rings (SSSR count). The highest BCUT2D eigenvalue weighted by atomic mass is 79.9. The van der Waals surface area contributed by atoms with Gasteiger partial charge in [-0.1, -0.05) is 23.7 Å². The van der Waals surface area contributed by atoms with Crippen molar-refractivity contribution in [2.75, 3.05) is 13.7 Å². The molecule has 0 saturated heterocycles. The molecule has 0 heterocycles. The molecule has 0 aliphatic heterocycles. The number of halogens is 2. The first kappa shape index (κ1) is 19.9. The summed E-state index contributed by atoms with van der Waals surface area (Å²) in [5, 5.41) is 0.589. The van der Waals surface area contributed by atoms with E-state index in [-0.39, 0.29) is 23.6 Å². The van der Waals surface area contributed by atoms with Gasteiger partial charge in [-0.2, -0.15) is 4.31 Å². The predicted molar refractivity (Wildman–Crippen MR) is 100 cm³/mol. The van der Waals surface area contributed by atoms with Crippen LogP contribution in [0.25, 0.3) is 0 Å². The Morgan fingerprint density at radius 2 is 1.84 bits per heavy atom. The lowest BCUT2D eigenvalue weighted by Gasteiger charge is -2.18. The Kier molecular flexibility index (Phi) is 6.62. The Balaban J connectivity index is 2.26. The first-order valence-electron chi connectivity index (χ1n) is 7.43. The van der Waals surface area contributed by atoms with Crippen LogP contribution in [0.1, 0.15) is 22.8 Å². The molecule has 0 saturated carbocycles. The van der Waals surface area contributed by atoms with Crippen LogP contribution < -0.4 is 0 Å². The predicted octanol–water partition coefficient (Wildman–Crippen LogP) is 4.10. The number of hydrogen-bond acceptors (Lipinski definition) is 4. The second kappa shape index (κ2) is 8.31. The molecular weight excluding hydrogens is 430 g/mol. The SMILES string of the molecule is CCOC(=O)c1ccc(S(=O)(=O)N(C)Cc2ccc(Cl)cc2)c(Br)c1. The Morgan fingerprint density at radius 1 is 1.20 bits per heavy atom. The van der Waals surface area contributed by atoms with E-state index in [1.54, 1.807) is 31.2 Å². The van der Waals surface area contributed by atoms with Crippen molar-refractivity contribution in [1.82, 2.24) is 4.31 Å². The van der Waals surface area contributed by atoms with Crippen molar-refractivity contribution in [2.45, 2.75) is 18.4 Å². The molecule has 0 unspecified atom stereocenters. The van der Waals surface area contributed by atoms with Crippen LogP contribution in [0.15, 0.2) is 51.8 Å². The summed E-state index contributed by atoms with van der Waals surface area (Å²) in [4.78, 5) is 11.8. The van der Waals surface area contributed by atoms with Crippen LogP contribution in [-0.4, -0.2) is 32.3 Å². The van der Waals surface area contributed by atoms with E-state index in [1.165, 1.54) is 29.6 Å². The summed E-state index contributed by atoms with van der Waals surface area (Å²) in [6.45, 7) is 2.16. The first-order chi connectivity index (χ1) is 11.8. The smallest absolute Gasteiger partial charge is 0.338 e. The number of rotatable bonds is 6. The largest absolute Gasteiger partial charge is 0.462 e. The molecule has 0 N–H and O–H groups in total. The third-order valence-corrected chi connectivity index (χ3v) is 6.48. The van der Waals surface area contributed by atoms with Crippen molar-refractivity contribution in [1.29, 1.82) is 0 Å². The van der Waals surface area contributed by atoms with Gasteiger partial charge in [0.25, 0.3) is 0 Å². The summed E-state index contributed by atoms with van der Waals surface area (Å²) in [7, 11) is -2.24. The van der Waals surface area contributed by atoms with E-state index in [1.807, 2.05) is 0 Å². The number of sulfonamides is 1. The molecule has 8 heteroatoms. The minimum atomic E-state index is -3.73. The normalized spacial score (nSPS) is 11.6. The fourth-order valence-electron chi connectivity index (χ4n) is 2.15. The van der Waals surface area contributed by atoms with E-state index >= 15 is 0 Å². The lowest BCUT2D eigenvalue weighted by molar-refractivity contribution is 0.0526. The molecule has 134 valence electrons. The molecule has 0 bridgehead atoms. The third-order valence-electron chi connectivity index (χ3n) is 3.45. The maximum atomic E-state index is 12.8. The van der Waals surface area contributed by atoms with Crippen LogP contribution >= 0.6 is 27.5 Å². The van der Waals surface area contributed by atoms with Crippen molar-refractivity contribution < 1.29 is 17.9 Å². The standard InChI is InChI=1S/C17H17BrClNO4S/c1-3-24-17(21)13-6-9-16(15(18)10-13)25(22,23)20(2)11-12-4-7-14(19)8-5-12/h4-10H,3,11H2,1-2H3. The number of carbonyl (C=O) groups is 1. The zero-order valence-corrected chi connectivity index (χ0v) is 16.9. The zero-order chi connectivity index (χ0) is 18.6. The average molecular weight is 447 g/mol. The summed E-state index contributed by atoms with van der Waals surface area (Å²) in [5.74, 6) is -0.498. The van der Waals surface area contributed by atoms with Crippen molar-refractivity contribution >= 4 is 43.5 Å². The van der Waals surface area contributed by atoms with Gasteiger partial charge in [-0.3, -0.25) is 0 Å². The van der Waals surface area contributed by atoms with Gasteiger partial charge < -0.3 is 4.74 Å². The Bertz CT molecular complexity index is 869. The highest BCUT2D eigenvalue weighted by Crippen LogP contribution is 2.27. The molecule has 0 aliphatic carbocycles. The van der Waals surface area contributed by atoms with Crippen molar-refractivity contribution in [2.24, 2.45) is 0 Å². The fraction of sp³-hybridized carbons (Fsp3) is 0.235. The van der Waals surface area contributed by atoms with Crippen LogP contribution in [0.3, 0.4) is 0 Å². The van der Waals surface area contributed by atoms with Gasteiger partial charge >= 0.3 is 5.97 Å². The molecule has 5 nitrogen and oxygen atoms in total. The number of esters is 1. The van der Waals surface area contributed by atoms with Gasteiger partial charge in [-0.05, 0) is 58.7 Å². The molecular formula is C17H17BrClNO4S. The summed E-state index contributed by atoms with van der Waals surface area (Å²) in [6, 6.07) is 11.2. The number of carbonyl (C=O) groups excluding carboxylic acids is 1. The quantitative estimate of drug-likeness (QED) is 0.627. The lowest BCUT2D eigenvalue weighted by Crippen LogP contribution is -2.27. The van der Waals surface area contributed by atoms with E-state index in [9.17, 15) is 13.2 Å². The molecule has 2 aromatic carbocycles. The minimum absolute atomic E-state index is 0.0806. The number of nitrogens with zero attached hydrogens (tertiary/aromatic N) is 1. The van der Waals surface area contributed by atoms with E-state index in [0.717, 1.165) is 5.56 Å². The van der Waals surface area contributed by atoms with Crippen molar-refractivity contribution in [3.05, 3.63) is 63.1 Å². The Hall–Kier alpha value is -1.41. The van der Waals surface area contributed by atoms with Crippen LogP contribution in [0.5, 0.6) is 0 Å². The van der Waals surface area contributed by atoms with Gasteiger partial charge in [0, 0.05) is 23.1 Å². The molecule has 0 radical (unpaired) electrons. The van der Waals surface area contributed by atoms with E-state index in [0.29, 0.717) is 9.50 Å². The van der Waals surface area contributed by atoms with Gasteiger partial charge in [0.1, 0.15) is 0 Å². The van der Waals surface area contributed by atoms with E-state index < -0.39 is 16.0 Å². The number of benzene rings is 2. The highest BCUT2D eigenvalue weighted by Gasteiger charge is 2.24. The maximum Gasteiger partial charge on any atom is 0.338 e. The van der Waals surface area contributed by atoms with Gasteiger partial charge in [0.05, 0.1) is 17.1 Å². The molecule has 2 aromatic rings. The second-order valence-electron chi connectivity index (χ2n) is 5.25.